The van der Waals surface area contributed by atoms with E-state index in [0.29, 0.717) is 30.0 Å². The Morgan fingerprint density at radius 2 is 1.64 bits per heavy atom. The lowest BCUT2D eigenvalue weighted by atomic mass is 9.96. The molecule has 0 aliphatic carbocycles. The Morgan fingerprint density at radius 3 is 2.26 bits per heavy atom. The van der Waals surface area contributed by atoms with Crippen molar-refractivity contribution in [1.82, 2.24) is 24.3 Å². The van der Waals surface area contributed by atoms with Crippen LogP contribution in [0.25, 0.3) is 0 Å². The zero-order chi connectivity index (χ0) is 34.4. The van der Waals surface area contributed by atoms with Crippen LogP contribution in [0.4, 0.5) is 0 Å². The number of nitrogens with one attached hydrogen (secondary N) is 1. The van der Waals surface area contributed by atoms with Crippen molar-refractivity contribution >= 4 is 68.5 Å². The Bertz CT molecular complexity index is 1670. The molecule has 4 amide bonds. The van der Waals surface area contributed by atoms with Crippen LogP contribution in [0, 0.1) is 0 Å². The highest BCUT2D eigenvalue weighted by atomic mass is 35.5. The highest BCUT2D eigenvalue weighted by molar-refractivity contribution is 7.89. The molecule has 12 nitrogen and oxygen atoms in total. The lowest BCUT2D eigenvalue weighted by molar-refractivity contribution is -0.169. The van der Waals surface area contributed by atoms with Gasteiger partial charge in [0, 0.05) is 35.6 Å². The van der Waals surface area contributed by atoms with E-state index < -0.39 is 64.6 Å². The Morgan fingerprint density at radius 1 is 0.979 bits per heavy atom. The third kappa shape index (κ3) is 6.97. The van der Waals surface area contributed by atoms with Gasteiger partial charge < -0.3 is 25.8 Å². The van der Waals surface area contributed by atoms with Crippen molar-refractivity contribution in [2.75, 3.05) is 19.6 Å². The van der Waals surface area contributed by atoms with Crippen LogP contribution in [0.1, 0.15) is 39.2 Å². The second kappa shape index (κ2) is 13.9. The third-order valence-electron chi connectivity index (χ3n) is 8.82. The lowest BCUT2D eigenvalue weighted by Crippen LogP contribution is -2.76. The number of nitrogens with two attached hydrogens (primary N) is 1. The van der Waals surface area contributed by atoms with Gasteiger partial charge in [-0.1, -0.05) is 46.9 Å². The summed E-state index contributed by atoms with van der Waals surface area (Å²) in [6, 6.07) is 6.26. The van der Waals surface area contributed by atoms with E-state index in [1.807, 2.05) is 13.8 Å². The highest BCUT2D eigenvalue weighted by Gasteiger charge is 2.55. The number of benzene rings is 2. The minimum absolute atomic E-state index is 0.0665. The number of carbonyl (C=O) groups is 4. The second-order valence-electron chi connectivity index (χ2n) is 12.3. The Labute approximate surface area is 289 Å². The molecule has 0 aromatic heterocycles. The summed E-state index contributed by atoms with van der Waals surface area (Å²) in [5.41, 5.74) is 6.51. The molecule has 3 saturated heterocycles. The van der Waals surface area contributed by atoms with Gasteiger partial charge in [-0.15, -0.1) is 0 Å². The van der Waals surface area contributed by atoms with E-state index in [-0.39, 0.29) is 39.9 Å². The largest absolute Gasteiger partial charge is 0.341 e. The molecule has 0 spiro atoms. The molecular formula is C31H37Cl3N6O6S. The number of rotatable bonds is 8. The highest BCUT2D eigenvalue weighted by Crippen LogP contribution is 2.35. The van der Waals surface area contributed by atoms with Crippen molar-refractivity contribution < 1.29 is 27.6 Å². The molecule has 3 heterocycles. The van der Waals surface area contributed by atoms with E-state index in [0.717, 1.165) is 4.31 Å². The number of amides is 4. The number of hydrogen-bond acceptors (Lipinski definition) is 7. The van der Waals surface area contributed by atoms with Crippen LogP contribution in [0.5, 0.6) is 0 Å². The van der Waals surface area contributed by atoms with E-state index in [4.69, 9.17) is 40.5 Å². The summed E-state index contributed by atoms with van der Waals surface area (Å²) in [7, 11) is -4.43. The van der Waals surface area contributed by atoms with E-state index in [9.17, 15) is 27.6 Å². The quantitative estimate of drug-likeness (QED) is 0.424. The van der Waals surface area contributed by atoms with Crippen molar-refractivity contribution in [3.63, 3.8) is 0 Å². The number of piperazine rings is 1. The van der Waals surface area contributed by atoms with E-state index in [1.165, 1.54) is 34.9 Å². The molecule has 3 aliphatic rings. The summed E-state index contributed by atoms with van der Waals surface area (Å²) in [5, 5.41) is 3.32. The van der Waals surface area contributed by atoms with Crippen LogP contribution in [-0.4, -0.2) is 107 Å². The predicted octanol–water partition coefficient (Wildman–Crippen LogP) is 2.49. The second-order valence-corrected chi connectivity index (χ2v) is 15.5. The fourth-order valence-electron chi connectivity index (χ4n) is 6.47. The molecule has 3 aliphatic heterocycles. The molecule has 5 rings (SSSR count). The predicted molar refractivity (Wildman–Crippen MR) is 177 cm³/mol. The smallest absolute Gasteiger partial charge is 0.248 e. The summed E-state index contributed by atoms with van der Waals surface area (Å²) >= 11 is 18.6. The molecule has 47 heavy (non-hydrogen) atoms. The van der Waals surface area contributed by atoms with Crippen molar-refractivity contribution in [3.05, 3.63) is 63.1 Å². The first kappa shape index (κ1) is 35.4. The summed E-state index contributed by atoms with van der Waals surface area (Å²) in [6.45, 7) is 4.93. The van der Waals surface area contributed by atoms with Crippen molar-refractivity contribution in [1.29, 1.82) is 0 Å². The number of likely N-dealkylation sites (tertiary alicyclic amines) is 1. The van der Waals surface area contributed by atoms with Gasteiger partial charge in [-0.2, -0.15) is 4.31 Å². The normalized spacial score (nSPS) is 24.5. The molecule has 16 heteroatoms. The minimum Gasteiger partial charge on any atom is -0.341 e. The van der Waals surface area contributed by atoms with Crippen LogP contribution in [0.2, 0.25) is 15.1 Å². The molecule has 0 bridgehead atoms. The maximum Gasteiger partial charge on any atom is 0.248 e. The molecule has 0 saturated carbocycles. The first-order chi connectivity index (χ1) is 22.1. The van der Waals surface area contributed by atoms with E-state index in [2.05, 4.69) is 5.32 Å². The molecule has 3 fully saturated rings. The van der Waals surface area contributed by atoms with Gasteiger partial charge >= 0.3 is 0 Å². The average Bonchev–Trinajstić information content (AvgIpc) is 3.50. The van der Waals surface area contributed by atoms with Gasteiger partial charge in [0.25, 0.3) is 0 Å². The Kier molecular flexibility index (Phi) is 10.5. The first-order valence-corrected chi connectivity index (χ1v) is 17.9. The molecule has 5 unspecified atom stereocenters. The molecule has 254 valence electrons. The van der Waals surface area contributed by atoms with Crippen molar-refractivity contribution in [2.24, 2.45) is 5.73 Å². The summed E-state index contributed by atoms with van der Waals surface area (Å²) in [6.07, 6.45) is -0.146. The fraction of sp³-hybridized carbons (Fsp3) is 0.484. The van der Waals surface area contributed by atoms with E-state index in [1.54, 1.807) is 29.2 Å². The molecular weight excluding hydrogens is 691 g/mol. The molecule has 3 N–H and O–H groups in total. The molecule has 2 aromatic rings. The van der Waals surface area contributed by atoms with Crippen LogP contribution in [0.3, 0.4) is 0 Å². The summed E-state index contributed by atoms with van der Waals surface area (Å²) in [5.74, 6) is -2.00. The number of fused-ring (bicyclic) bond motifs is 1. The van der Waals surface area contributed by atoms with Gasteiger partial charge in [0.15, 0.2) is 0 Å². The number of halogens is 3. The third-order valence-corrected chi connectivity index (χ3v) is 11.7. The lowest BCUT2D eigenvalue weighted by Gasteiger charge is -2.54. The van der Waals surface area contributed by atoms with Gasteiger partial charge in [0.1, 0.15) is 29.2 Å². The van der Waals surface area contributed by atoms with Crippen LogP contribution < -0.4 is 11.1 Å². The Balaban J connectivity index is 1.58. The van der Waals surface area contributed by atoms with Gasteiger partial charge in [-0.25, -0.2) is 8.42 Å². The van der Waals surface area contributed by atoms with Crippen LogP contribution >= 0.6 is 34.8 Å². The fourth-order valence-corrected chi connectivity index (χ4v) is 8.92. The van der Waals surface area contributed by atoms with Gasteiger partial charge in [0.2, 0.25) is 33.7 Å². The zero-order valence-corrected chi connectivity index (χ0v) is 29.2. The van der Waals surface area contributed by atoms with Gasteiger partial charge in [-0.05, 0) is 69.5 Å². The zero-order valence-electron chi connectivity index (χ0n) is 26.1. The monoisotopic (exact) mass is 726 g/mol. The van der Waals surface area contributed by atoms with Gasteiger partial charge in [0.05, 0.1) is 17.6 Å². The number of sulfonamides is 1. The Hall–Kier alpha value is -2.94. The summed E-state index contributed by atoms with van der Waals surface area (Å²) < 4.78 is 29.9. The van der Waals surface area contributed by atoms with Crippen molar-refractivity contribution in [2.45, 2.75) is 81.3 Å². The average molecular weight is 728 g/mol. The topological polar surface area (TPSA) is 153 Å². The molecule has 5 atom stereocenters. The number of nitrogens with zero attached hydrogens (tertiary/aromatic N) is 4. The van der Waals surface area contributed by atoms with Crippen LogP contribution in [0.15, 0.2) is 47.4 Å². The molecule has 2 aromatic carbocycles. The van der Waals surface area contributed by atoms with Crippen LogP contribution in [-0.2, 0) is 35.6 Å². The van der Waals surface area contributed by atoms with E-state index >= 15 is 0 Å². The maximum atomic E-state index is 14.4. The maximum absolute atomic E-state index is 14.4. The molecule has 0 radical (unpaired) electrons. The van der Waals surface area contributed by atoms with Crippen molar-refractivity contribution in [3.8, 4) is 0 Å². The van der Waals surface area contributed by atoms with Gasteiger partial charge in [-0.3, -0.25) is 19.2 Å². The number of hydrogen-bond donors (Lipinski definition) is 2. The number of carbonyl (C=O) groups excluding carboxylic acids is 4. The summed E-state index contributed by atoms with van der Waals surface area (Å²) in [4.78, 5) is 58.8. The first-order valence-electron chi connectivity index (χ1n) is 15.3. The minimum atomic E-state index is -4.43. The standard InChI is InChI=1S/C31H37Cl3N6O6S/c1-17(2)38-16-27-39(47(45,46)26-11-10-21(33)14-22(26)34)15-23(36-28(41)24-5-4-12-37(24)29(42)18(3)35)30(43)40(27)25(31(38)44)13-19-6-8-20(32)9-7-19/h6-11,14,17-18,23-25,27H,4-5,12-13,15-16,35H2,1-3H3,(H,36,41). The SMILES string of the molecule is CC(N)C(=O)N1CCCC1C(=O)NC1CN(S(=O)(=O)c2ccc(Cl)cc2Cl)C2CN(C(C)C)C(=O)C(Cc3ccc(Cl)cc3)N2C1=O.